The number of carbonyl (C=O) groups excluding carboxylic acids is 1. The molecule has 0 bridgehead atoms. The van der Waals surface area contributed by atoms with E-state index in [4.69, 9.17) is 11.6 Å². The molecular formula is C15H14ClF3N2O2S2. The van der Waals surface area contributed by atoms with Gasteiger partial charge in [0.05, 0.1) is 27.7 Å². The van der Waals surface area contributed by atoms with Crippen molar-refractivity contribution in [2.75, 3.05) is 5.32 Å². The molecule has 0 spiro atoms. The van der Waals surface area contributed by atoms with E-state index in [9.17, 15) is 22.2 Å². The molecule has 0 aliphatic rings. The van der Waals surface area contributed by atoms with Crippen molar-refractivity contribution in [1.29, 1.82) is 0 Å². The van der Waals surface area contributed by atoms with Crippen LogP contribution in [0, 0.1) is 6.92 Å². The summed E-state index contributed by atoms with van der Waals surface area (Å²) < 4.78 is 51.4. The second kappa shape index (κ2) is 7.84. The predicted octanol–water partition coefficient (Wildman–Crippen LogP) is 4.40. The van der Waals surface area contributed by atoms with Gasteiger partial charge in [-0.25, -0.2) is 4.98 Å². The lowest BCUT2D eigenvalue weighted by molar-refractivity contribution is -0.137. The highest BCUT2D eigenvalue weighted by molar-refractivity contribution is 7.85. The molecule has 0 unspecified atom stereocenters. The molecule has 1 heterocycles. The Morgan fingerprint density at radius 2 is 2.12 bits per heavy atom. The molecule has 2 rings (SSSR count). The average molecular weight is 411 g/mol. The van der Waals surface area contributed by atoms with E-state index >= 15 is 0 Å². The van der Waals surface area contributed by atoms with Crippen LogP contribution in [0.3, 0.4) is 0 Å². The summed E-state index contributed by atoms with van der Waals surface area (Å²) in [4.78, 5) is 16.4. The maximum absolute atomic E-state index is 13.1. The Labute approximate surface area is 153 Å². The highest BCUT2D eigenvalue weighted by Gasteiger charge is 2.34. The first-order valence-corrected chi connectivity index (χ1v) is 9.67. The van der Waals surface area contributed by atoms with Gasteiger partial charge in [-0.05, 0) is 32.0 Å². The number of rotatable bonds is 5. The third-order valence-electron chi connectivity index (χ3n) is 3.27. The van der Waals surface area contributed by atoms with Gasteiger partial charge in [-0.15, -0.1) is 11.3 Å². The molecule has 1 amide bonds. The van der Waals surface area contributed by atoms with Crippen LogP contribution in [0.25, 0.3) is 0 Å². The third-order valence-corrected chi connectivity index (χ3v) is 5.91. The van der Waals surface area contributed by atoms with E-state index in [1.807, 2.05) is 0 Å². The number of hydrogen-bond donors (Lipinski definition) is 1. The zero-order valence-electron chi connectivity index (χ0n) is 13.2. The predicted molar refractivity (Wildman–Crippen MR) is 93.2 cm³/mol. The Morgan fingerprint density at radius 1 is 1.44 bits per heavy atom. The number of carbonyl (C=O) groups is 1. The molecule has 0 fully saturated rings. The molecule has 0 saturated carbocycles. The number of aromatic nitrogens is 1. The highest BCUT2D eigenvalue weighted by Crippen LogP contribution is 2.36. The van der Waals surface area contributed by atoms with E-state index < -0.39 is 39.4 Å². The van der Waals surface area contributed by atoms with Crippen molar-refractivity contribution >= 4 is 45.3 Å². The van der Waals surface area contributed by atoms with Gasteiger partial charge in [-0.2, -0.15) is 13.2 Å². The molecular weight excluding hydrogens is 397 g/mol. The molecule has 10 heteroatoms. The smallest absolute Gasteiger partial charge is 0.324 e. The van der Waals surface area contributed by atoms with Crippen molar-refractivity contribution in [3.8, 4) is 0 Å². The van der Waals surface area contributed by atoms with Crippen LogP contribution >= 0.6 is 22.9 Å². The second-order valence-electron chi connectivity index (χ2n) is 5.20. The fourth-order valence-electron chi connectivity index (χ4n) is 1.96. The molecule has 136 valence electrons. The molecule has 2 atom stereocenters. The highest BCUT2D eigenvalue weighted by atomic mass is 35.5. The van der Waals surface area contributed by atoms with Crippen molar-refractivity contribution in [1.82, 2.24) is 4.98 Å². The quantitative estimate of drug-likeness (QED) is 0.794. The lowest BCUT2D eigenvalue weighted by Gasteiger charge is -2.16. The summed E-state index contributed by atoms with van der Waals surface area (Å²) in [5, 5.41) is 3.63. The van der Waals surface area contributed by atoms with Crippen molar-refractivity contribution in [3.05, 3.63) is 44.9 Å². The summed E-state index contributed by atoms with van der Waals surface area (Å²) in [6.45, 7) is 3.19. The van der Waals surface area contributed by atoms with Gasteiger partial charge in [0.15, 0.2) is 0 Å². The van der Waals surface area contributed by atoms with Crippen molar-refractivity contribution in [3.63, 3.8) is 0 Å². The molecule has 1 aromatic carbocycles. The number of hydrogen-bond acceptors (Lipinski definition) is 4. The summed E-state index contributed by atoms with van der Waals surface area (Å²) >= 11 is 6.99. The average Bonchev–Trinajstić information content (AvgIpc) is 2.92. The first-order chi connectivity index (χ1) is 11.6. The van der Waals surface area contributed by atoms with Crippen LogP contribution in [0.2, 0.25) is 5.02 Å². The summed E-state index contributed by atoms with van der Waals surface area (Å²) in [6.07, 6.45) is -4.67. The van der Waals surface area contributed by atoms with Gasteiger partial charge in [0.25, 0.3) is 0 Å². The maximum Gasteiger partial charge on any atom is 0.418 e. The normalized spacial score (nSPS) is 14.2. The van der Waals surface area contributed by atoms with Gasteiger partial charge >= 0.3 is 6.18 Å². The number of halogens is 4. The summed E-state index contributed by atoms with van der Waals surface area (Å²) in [7, 11) is -1.61. The molecule has 4 nitrogen and oxygen atoms in total. The first-order valence-electron chi connectivity index (χ1n) is 7.03. The van der Waals surface area contributed by atoms with Crippen LogP contribution in [0.1, 0.15) is 23.2 Å². The Balaban J connectivity index is 2.12. The van der Waals surface area contributed by atoms with Crippen LogP contribution < -0.4 is 5.32 Å². The monoisotopic (exact) mass is 410 g/mol. The molecule has 0 aliphatic carbocycles. The van der Waals surface area contributed by atoms with Crippen LogP contribution in [0.15, 0.2) is 23.6 Å². The van der Waals surface area contributed by atoms with Crippen molar-refractivity contribution < 1.29 is 22.2 Å². The van der Waals surface area contributed by atoms with Gasteiger partial charge in [0.2, 0.25) is 5.91 Å². The molecule has 1 N–H and O–H groups in total. The molecule has 2 aromatic rings. The number of thiazole rings is 1. The van der Waals surface area contributed by atoms with E-state index in [1.54, 1.807) is 12.3 Å². The van der Waals surface area contributed by atoms with E-state index in [2.05, 4.69) is 10.3 Å². The fourth-order valence-corrected chi connectivity index (χ4v) is 3.84. The largest absolute Gasteiger partial charge is 0.418 e. The van der Waals surface area contributed by atoms with E-state index in [-0.39, 0.29) is 10.8 Å². The van der Waals surface area contributed by atoms with Gasteiger partial charge in [0.1, 0.15) is 5.25 Å². The number of anilines is 1. The molecule has 25 heavy (non-hydrogen) atoms. The number of alkyl halides is 3. The third kappa shape index (κ3) is 5.26. The van der Waals surface area contributed by atoms with Crippen LogP contribution in [0.5, 0.6) is 0 Å². The van der Waals surface area contributed by atoms with Crippen LogP contribution in [-0.4, -0.2) is 20.3 Å². The minimum atomic E-state index is -4.67. The van der Waals surface area contributed by atoms with Gasteiger partial charge in [-0.3, -0.25) is 9.00 Å². The van der Waals surface area contributed by atoms with Gasteiger partial charge in [-0.1, -0.05) is 11.6 Å². The Morgan fingerprint density at radius 3 is 2.68 bits per heavy atom. The molecule has 0 radical (unpaired) electrons. The standard InChI is InChI=1S/C15H14ClF3N2O2S2/c1-8(25(23)7-11-6-24-9(2)20-11)14(22)21-13-4-3-10(16)5-12(13)15(17,18)19/h3-6,8H,7H2,1-2H3,(H,21,22)/t8-,25-/m0/s1. The Kier molecular flexibility index (Phi) is 6.23. The SMILES string of the molecule is Cc1nc(C[S@](=O)[C@@H](C)C(=O)Nc2ccc(Cl)cc2C(F)(F)F)cs1. The second-order valence-corrected chi connectivity index (χ2v) is 8.46. The van der Waals surface area contributed by atoms with E-state index in [1.165, 1.54) is 24.3 Å². The first kappa shape index (κ1) is 19.9. The fraction of sp³-hybridized carbons (Fsp3) is 0.333. The number of nitrogens with zero attached hydrogens (tertiary/aromatic N) is 1. The van der Waals surface area contributed by atoms with Crippen molar-refractivity contribution in [2.45, 2.75) is 31.0 Å². The minimum absolute atomic E-state index is 0.0612. The van der Waals surface area contributed by atoms with Crippen LogP contribution in [-0.2, 0) is 27.5 Å². The summed E-state index contributed by atoms with van der Waals surface area (Å²) in [5.74, 6) is -0.704. The number of nitrogens with one attached hydrogen (secondary N) is 1. The number of benzene rings is 1. The lowest BCUT2D eigenvalue weighted by Crippen LogP contribution is -2.30. The maximum atomic E-state index is 13.1. The van der Waals surface area contributed by atoms with Gasteiger partial charge in [0, 0.05) is 21.2 Å². The van der Waals surface area contributed by atoms with Crippen LogP contribution in [0.4, 0.5) is 18.9 Å². The Bertz CT molecular complexity index is 808. The number of aryl methyl sites for hydroxylation is 1. The van der Waals surface area contributed by atoms with E-state index in [0.29, 0.717) is 5.69 Å². The minimum Gasteiger partial charge on any atom is -0.324 e. The van der Waals surface area contributed by atoms with E-state index in [0.717, 1.165) is 17.1 Å². The zero-order chi connectivity index (χ0) is 18.8. The summed E-state index contributed by atoms with van der Waals surface area (Å²) in [5.41, 5.74) is -0.889. The van der Waals surface area contributed by atoms with Crippen molar-refractivity contribution in [2.24, 2.45) is 0 Å². The number of amides is 1. The Hall–Kier alpha value is -1.45. The molecule has 0 saturated heterocycles. The topological polar surface area (TPSA) is 59.1 Å². The van der Waals surface area contributed by atoms with Gasteiger partial charge < -0.3 is 5.32 Å². The molecule has 1 aromatic heterocycles. The lowest BCUT2D eigenvalue weighted by atomic mass is 10.1. The zero-order valence-corrected chi connectivity index (χ0v) is 15.6. The molecule has 0 aliphatic heterocycles. The summed E-state index contributed by atoms with van der Waals surface area (Å²) in [6, 6.07) is 3.05.